The molecular weight excluding hydrogens is 736 g/mol. The lowest BCUT2D eigenvalue weighted by atomic mass is 10.1. The summed E-state index contributed by atoms with van der Waals surface area (Å²) in [5.41, 5.74) is 8.73. The topological polar surface area (TPSA) is 147 Å². The molecule has 3 aromatic carbocycles. The molecule has 0 saturated carbocycles. The zero-order valence-electron chi connectivity index (χ0n) is 29.4. The summed E-state index contributed by atoms with van der Waals surface area (Å²) in [6.45, 7) is 7.85. The van der Waals surface area contributed by atoms with Gasteiger partial charge in [-0.05, 0) is 48.5 Å². The average Bonchev–Trinajstić information content (AvgIpc) is 3.62. The normalized spacial score (nSPS) is 11.2. The summed E-state index contributed by atoms with van der Waals surface area (Å²) in [5, 5.41) is 7.72. The van der Waals surface area contributed by atoms with Gasteiger partial charge in [0, 0.05) is 28.5 Å². The number of hydrogen-bond acceptors (Lipinski definition) is 11. The highest BCUT2D eigenvalue weighted by atomic mass is 79.9. The van der Waals surface area contributed by atoms with Crippen LogP contribution < -0.4 is 15.8 Å². The molecule has 52 heavy (non-hydrogen) atoms. The number of benzene rings is 3. The molecule has 4 aromatic rings. The van der Waals surface area contributed by atoms with Gasteiger partial charge in [-0.25, -0.2) is 4.68 Å². The molecule has 0 atom stereocenters. The highest BCUT2D eigenvalue weighted by Crippen LogP contribution is 2.26. The van der Waals surface area contributed by atoms with Gasteiger partial charge in [-0.3, -0.25) is 4.79 Å². The van der Waals surface area contributed by atoms with Crippen LogP contribution in [0, 0.1) is 0 Å². The van der Waals surface area contributed by atoms with Crippen LogP contribution in [0.1, 0.15) is 10.4 Å². The van der Waals surface area contributed by atoms with E-state index in [1.165, 1.54) is 0 Å². The summed E-state index contributed by atoms with van der Waals surface area (Å²) in [7, 11) is 0. The zero-order chi connectivity index (χ0) is 36.5. The lowest BCUT2D eigenvalue weighted by Crippen LogP contribution is -2.15. The molecule has 13 nitrogen and oxygen atoms in total. The van der Waals surface area contributed by atoms with Crippen molar-refractivity contribution < 1.29 is 42.7 Å². The van der Waals surface area contributed by atoms with Crippen LogP contribution in [0.4, 0.5) is 5.69 Å². The predicted molar refractivity (Wildman–Crippen MR) is 201 cm³/mol. The Balaban J connectivity index is 1.01. The number of nitrogens with one attached hydrogen (secondary N) is 1. The Morgan fingerprint density at radius 1 is 0.615 bits per heavy atom. The van der Waals surface area contributed by atoms with E-state index in [0.717, 1.165) is 15.7 Å². The Morgan fingerprint density at radius 2 is 1.10 bits per heavy atom. The maximum atomic E-state index is 13.4. The first-order valence-electron chi connectivity index (χ1n) is 17.3. The summed E-state index contributed by atoms with van der Waals surface area (Å²) in [4.78, 5) is 13.4. The Hall–Kier alpha value is -3.70. The van der Waals surface area contributed by atoms with Crippen molar-refractivity contribution in [1.82, 2.24) is 9.78 Å². The van der Waals surface area contributed by atoms with Gasteiger partial charge >= 0.3 is 0 Å². The van der Waals surface area contributed by atoms with Crippen LogP contribution in [0.3, 0.4) is 0 Å². The molecule has 0 bridgehead atoms. The van der Waals surface area contributed by atoms with Crippen LogP contribution >= 0.6 is 15.9 Å². The van der Waals surface area contributed by atoms with Crippen LogP contribution in [0.25, 0.3) is 16.9 Å². The number of halogens is 1. The van der Waals surface area contributed by atoms with E-state index in [1.807, 2.05) is 66.7 Å². The number of hydrogen-bond donors (Lipinski definition) is 2. The molecule has 0 aliphatic carbocycles. The Kier molecular flexibility index (Phi) is 20.0. The molecule has 0 aliphatic rings. The Bertz CT molecular complexity index is 1530. The number of nitrogens with zero attached hydrogens (tertiary/aromatic N) is 2. The van der Waals surface area contributed by atoms with Crippen molar-refractivity contribution in [2.24, 2.45) is 5.73 Å². The van der Waals surface area contributed by atoms with Crippen molar-refractivity contribution in [3.05, 3.63) is 95.1 Å². The molecule has 282 valence electrons. The van der Waals surface area contributed by atoms with Gasteiger partial charge in [0.2, 0.25) is 0 Å². The lowest BCUT2D eigenvalue weighted by Gasteiger charge is -2.10. The smallest absolute Gasteiger partial charge is 0.259 e. The average molecular weight is 786 g/mol. The Labute approximate surface area is 313 Å². The van der Waals surface area contributed by atoms with Crippen LogP contribution in [0.5, 0.6) is 5.75 Å². The summed E-state index contributed by atoms with van der Waals surface area (Å²) >= 11 is 3.47. The lowest BCUT2D eigenvalue weighted by molar-refractivity contribution is -0.0210. The predicted octanol–water partition coefficient (Wildman–Crippen LogP) is 5.01. The minimum atomic E-state index is -0.262. The van der Waals surface area contributed by atoms with Crippen LogP contribution in [-0.2, 0) is 33.2 Å². The van der Waals surface area contributed by atoms with E-state index in [-0.39, 0.29) is 5.91 Å². The molecule has 1 heterocycles. The highest BCUT2D eigenvalue weighted by molar-refractivity contribution is 9.10. The third-order valence-corrected chi connectivity index (χ3v) is 7.73. The van der Waals surface area contributed by atoms with Gasteiger partial charge in [-0.1, -0.05) is 46.3 Å². The van der Waals surface area contributed by atoms with E-state index in [0.29, 0.717) is 128 Å². The van der Waals surface area contributed by atoms with Crippen LogP contribution in [0.2, 0.25) is 0 Å². The van der Waals surface area contributed by atoms with Crippen molar-refractivity contribution >= 4 is 27.5 Å². The van der Waals surface area contributed by atoms with E-state index in [4.69, 9.17) is 48.7 Å². The number of carbonyl (C=O) groups excluding carboxylic acids is 1. The molecule has 0 spiro atoms. The molecule has 0 fully saturated rings. The van der Waals surface area contributed by atoms with E-state index in [1.54, 1.807) is 23.0 Å². The first kappa shape index (κ1) is 41.1. The number of amides is 1. The third kappa shape index (κ3) is 15.9. The number of para-hydroxylation sites is 1. The fourth-order valence-electron chi connectivity index (χ4n) is 4.63. The van der Waals surface area contributed by atoms with Gasteiger partial charge in [-0.15, -0.1) is 0 Å². The molecule has 0 aliphatic heterocycles. The summed E-state index contributed by atoms with van der Waals surface area (Å²) < 4.78 is 46.6. The minimum absolute atomic E-state index is 0.262. The molecule has 3 N–H and O–H groups in total. The molecule has 1 aromatic heterocycles. The molecule has 1 amide bonds. The van der Waals surface area contributed by atoms with Crippen molar-refractivity contribution in [2.45, 2.75) is 0 Å². The third-order valence-electron chi connectivity index (χ3n) is 7.20. The fourth-order valence-corrected chi connectivity index (χ4v) is 4.89. The van der Waals surface area contributed by atoms with E-state index in [2.05, 4.69) is 21.2 Å². The number of rotatable bonds is 28. The van der Waals surface area contributed by atoms with Crippen LogP contribution in [-0.4, -0.2) is 121 Å². The van der Waals surface area contributed by atoms with Gasteiger partial charge in [-0.2, -0.15) is 5.10 Å². The quantitative estimate of drug-likeness (QED) is 0.0750. The number of ether oxygens (including phenoxy) is 8. The fraction of sp³-hybridized carbons (Fsp3) is 0.421. The number of carbonyl (C=O) groups is 1. The van der Waals surface area contributed by atoms with Crippen molar-refractivity contribution in [2.75, 3.05) is 111 Å². The first-order valence-corrected chi connectivity index (χ1v) is 18.1. The maximum absolute atomic E-state index is 13.4. The van der Waals surface area contributed by atoms with Crippen LogP contribution in [0.15, 0.2) is 89.5 Å². The van der Waals surface area contributed by atoms with Crippen molar-refractivity contribution in [3.63, 3.8) is 0 Å². The summed E-state index contributed by atoms with van der Waals surface area (Å²) in [6, 6.07) is 24.6. The second kappa shape index (κ2) is 25.3. The van der Waals surface area contributed by atoms with E-state index >= 15 is 0 Å². The first-order chi connectivity index (χ1) is 25.6. The summed E-state index contributed by atoms with van der Waals surface area (Å²) in [5.74, 6) is 0.409. The number of anilines is 1. The highest BCUT2D eigenvalue weighted by Gasteiger charge is 2.19. The van der Waals surface area contributed by atoms with Crippen molar-refractivity contribution in [3.8, 4) is 22.7 Å². The standard InChI is InChI=1S/C38H49BrN4O9/c39-32-8-6-31(7-9-32)37-36(30-43(42-37)34-4-2-1-3-5-34)38(44)41-33-10-12-35(13-11-33)52-29-28-51-27-26-50-25-24-49-23-22-48-21-20-47-19-18-46-17-16-45-15-14-40/h1-13,30H,14-29,40H2,(H,41,44). The molecule has 0 saturated heterocycles. The van der Waals surface area contributed by atoms with Gasteiger partial charge in [0.15, 0.2) is 0 Å². The Morgan fingerprint density at radius 3 is 1.60 bits per heavy atom. The second-order valence-corrected chi connectivity index (χ2v) is 12.0. The van der Waals surface area contributed by atoms with Gasteiger partial charge < -0.3 is 48.9 Å². The van der Waals surface area contributed by atoms with E-state index in [9.17, 15) is 4.79 Å². The van der Waals surface area contributed by atoms with Gasteiger partial charge in [0.25, 0.3) is 5.91 Å². The van der Waals surface area contributed by atoms with Crippen molar-refractivity contribution in [1.29, 1.82) is 0 Å². The number of nitrogens with two attached hydrogens (primary N) is 1. The molecule has 4 rings (SSSR count). The summed E-state index contributed by atoms with van der Waals surface area (Å²) in [6.07, 6.45) is 1.75. The van der Waals surface area contributed by atoms with Gasteiger partial charge in [0.1, 0.15) is 18.1 Å². The number of aromatic nitrogens is 2. The molecular formula is C38H49BrN4O9. The second-order valence-electron chi connectivity index (χ2n) is 11.1. The van der Waals surface area contributed by atoms with Gasteiger partial charge in [0.05, 0.1) is 104 Å². The SMILES string of the molecule is NCCOCCOCCOCCOCCOCCOCCOCCOc1ccc(NC(=O)c2cn(-c3ccccc3)nc2-c2ccc(Br)cc2)cc1. The largest absolute Gasteiger partial charge is 0.491 e. The maximum Gasteiger partial charge on any atom is 0.259 e. The molecule has 14 heteroatoms. The van der Waals surface area contributed by atoms with E-state index < -0.39 is 0 Å². The molecule has 0 radical (unpaired) electrons. The monoisotopic (exact) mass is 784 g/mol. The minimum Gasteiger partial charge on any atom is -0.491 e. The molecule has 0 unspecified atom stereocenters. The zero-order valence-corrected chi connectivity index (χ0v) is 31.0.